The predicted molar refractivity (Wildman–Crippen MR) is 70.0 cm³/mol. The van der Waals surface area contributed by atoms with Crippen molar-refractivity contribution in [3.05, 3.63) is 59.7 Å². The van der Waals surface area contributed by atoms with Gasteiger partial charge in [0.25, 0.3) is 0 Å². The van der Waals surface area contributed by atoms with Crippen LogP contribution in [0.1, 0.15) is 0 Å². The van der Waals surface area contributed by atoms with E-state index in [0.29, 0.717) is 12.1 Å². The van der Waals surface area contributed by atoms with Gasteiger partial charge in [-0.3, -0.25) is 9.59 Å². The van der Waals surface area contributed by atoms with E-state index in [1.54, 1.807) is 0 Å². The van der Waals surface area contributed by atoms with Crippen LogP contribution in [0.5, 0.6) is 0 Å². The minimum Gasteiger partial charge on any atom is -0.318 e. The monoisotopic (exact) mass is 312 g/mol. The zero-order valence-corrected chi connectivity index (χ0v) is 10.8. The van der Waals surface area contributed by atoms with Crippen molar-refractivity contribution in [1.82, 2.24) is 0 Å². The molecule has 0 aliphatic rings. The molecule has 0 aliphatic carbocycles. The molecule has 2 N–H and O–H groups in total. The van der Waals surface area contributed by atoms with Crippen molar-refractivity contribution in [2.75, 3.05) is 10.6 Å². The number of hydrogen-bond donors (Lipinski definition) is 2. The lowest BCUT2D eigenvalue weighted by Crippen LogP contribution is -2.29. The first kappa shape index (κ1) is 15.5. The summed E-state index contributed by atoms with van der Waals surface area (Å²) in [6.07, 6.45) is 0. The van der Waals surface area contributed by atoms with E-state index in [9.17, 15) is 27.2 Å². The van der Waals surface area contributed by atoms with Gasteiger partial charge in [0.2, 0.25) is 0 Å². The van der Waals surface area contributed by atoms with Gasteiger partial charge in [-0.2, -0.15) is 0 Å². The van der Waals surface area contributed by atoms with E-state index in [1.807, 2.05) is 10.6 Å². The largest absolute Gasteiger partial charge is 0.318 e. The molecule has 2 aromatic carbocycles. The van der Waals surface area contributed by atoms with Gasteiger partial charge < -0.3 is 10.6 Å². The highest BCUT2D eigenvalue weighted by molar-refractivity contribution is 6.43. The Morgan fingerprint density at radius 3 is 1.32 bits per heavy atom. The molecule has 114 valence electrons. The summed E-state index contributed by atoms with van der Waals surface area (Å²) < 4.78 is 51.4. The molecule has 0 bridgehead atoms. The Bertz CT molecular complexity index is 686. The van der Waals surface area contributed by atoms with E-state index < -0.39 is 35.1 Å². The molecule has 8 heteroatoms. The van der Waals surface area contributed by atoms with Crippen molar-refractivity contribution >= 4 is 23.2 Å². The van der Waals surface area contributed by atoms with Gasteiger partial charge >= 0.3 is 11.8 Å². The number of rotatable bonds is 2. The summed E-state index contributed by atoms with van der Waals surface area (Å²) in [5.74, 6) is -6.97. The van der Waals surface area contributed by atoms with E-state index in [0.717, 1.165) is 24.3 Å². The normalized spacial score (nSPS) is 10.2. The predicted octanol–water partition coefficient (Wildman–Crippen LogP) is 2.82. The molecule has 0 radical (unpaired) electrons. The second-order valence-electron chi connectivity index (χ2n) is 4.17. The molecular weight excluding hydrogens is 304 g/mol. The Kier molecular flexibility index (Phi) is 4.40. The molecule has 0 saturated carbocycles. The number of carbonyl (C=O) groups excluding carboxylic acids is 2. The minimum atomic E-state index is -1.20. The standard InChI is InChI=1S/C14H8F4N2O2/c15-9-3-1-7(5-11(9)17)19-13(21)14(22)20-8-2-4-10(16)12(18)6-8/h1-6H,(H,19,21)(H,20,22). The van der Waals surface area contributed by atoms with Gasteiger partial charge in [0, 0.05) is 23.5 Å². The second-order valence-corrected chi connectivity index (χ2v) is 4.17. The zero-order chi connectivity index (χ0) is 16.3. The first-order chi connectivity index (χ1) is 10.4. The van der Waals surface area contributed by atoms with Crippen LogP contribution in [-0.2, 0) is 9.59 Å². The van der Waals surface area contributed by atoms with Crippen LogP contribution in [-0.4, -0.2) is 11.8 Å². The number of anilines is 2. The lowest BCUT2D eigenvalue weighted by Gasteiger charge is -2.07. The number of hydrogen-bond acceptors (Lipinski definition) is 2. The number of halogens is 4. The number of nitrogens with one attached hydrogen (secondary N) is 2. The molecule has 0 fully saturated rings. The third-order valence-electron chi connectivity index (χ3n) is 2.56. The van der Waals surface area contributed by atoms with Gasteiger partial charge in [0.15, 0.2) is 23.3 Å². The first-order valence-electron chi connectivity index (χ1n) is 5.89. The van der Waals surface area contributed by atoms with Crippen molar-refractivity contribution < 1.29 is 27.2 Å². The van der Waals surface area contributed by atoms with Gasteiger partial charge in [0.05, 0.1) is 0 Å². The van der Waals surface area contributed by atoms with E-state index in [2.05, 4.69) is 0 Å². The van der Waals surface area contributed by atoms with Crippen molar-refractivity contribution in [1.29, 1.82) is 0 Å². The smallest absolute Gasteiger partial charge is 0.314 e. The SMILES string of the molecule is O=C(Nc1ccc(F)c(F)c1)C(=O)Nc1ccc(F)c(F)c1. The summed E-state index contributed by atoms with van der Waals surface area (Å²) in [5, 5.41) is 4.06. The van der Waals surface area contributed by atoms with Crippen molar-refractivity contribution in [2.45, 2.75) is 0 Å². The number of amides is 2. The van der Waals surface area contributed by atoms with Crippen molar-refractivity contribution in [3.63, 3.8) is 0 Å². The number of benzene rings is 2. The van der Waals surface area contributed by atoms with Gasteiger partial charge in [0.1, 0.15) is 0 Å². The summed E-state index contributed by atoms with van der Waals surface area (Å²) in [5.41, 5.74) is -0.270. The van der Waals surface area contributed by atoms with E-state index in [1.165, 1.54) is 0 Å². The average Bonchev–Trinajstić information content (AvgIpc) is 2.46. The molecule has 0 atom stereocenters. The Hall–Kier alpha value is -2.90. The summed E-state index contributed by atoms with van der Waals surface area (Å²) in [4.78, 5) is 23.1. The van der Waals surface area contributed by atoms with Gasteiger partial charge in [-0.05, 0) is 24.3 Å². The van der Waals surface area contributed by atoms with Crippen LogP contribution in [0.4, 0.5) is 28.9 Å². The van der Waals surface area contributed by atoms with Gasteiger partial charge in [-0.25, -0.2) is 17.6 Å². The Morgan fingerprint density at radius 2 is 1.00 bits per heavy atom. The van der Waals surface area contributed by atoms with Crippen LogP contribution in [0.2, 0.25) is 0 Å². The first-order valence-corrected chi connectivity index (χ1v) is 5.89. The van der Waals surface area contributed by atoms with Crippen molar-refractivity contribution in [2.24, 2.45) is 0 Å². The molecule has 4 nitrogen and oxygen atoms in total. The third kappa shape index (κ3) is 3.60. The van der Waals surface area contributed by atoms with Crippen LogP contribution < -0.4 is 10.6 Å². The van der Waals surface area contributed by atoms with Crippen LogP contribution in [0.25, 0.3) is 0 Å². The molecule has 0 heterocycles. The highest BCUT2D eigenvalue weighted by Crippen LogP contribution is 2.15. The lowest BCUT2D eigenvalue weighted by molar-refractivity contribution is -0.133. The summed E-state index contributed by atoms with van der Waals surface area (Å²) in [6.45, 7) is 0. The van der Waals surface area contributed by atoms with Crippen LogP contribution in [0.15, 0.2) is 36.4 Å². The third-order valence-corrected chi connectivity index (χ3v) is 2.56. The average molecular weight is 312 g/mol. The number of carbonyl (C=O) groups is 2. The molecule has 2 amide bonds. The van der Waals surface area contributed by atoms with Crippen LogP contribution >= 0.6 is 0 Å². The molecule has 0 saturated heterocycles. The van der Waals surface area contributed by atoms with E-state index >= 15 is 0 Å². The molecular formula is C14H8F4N2O2. The molecule has 2 aromatic rings. The quantitative estimate of drug-likeness (QED) is 0.662. The highest BCUT2D eigenvalue weighted by Gasteiger charge is 2.15. The minimum absolute atomic E-state index is 0.135. The molecule has 22 heavy (non-hydrogen) atoms. The molecule has 2 rings (SSSR count). The fourth-order valence-electron chi connectivity index (χ4n) is 1.52. The maximum absolute atomic E-state index is 13.0. The Labute approximate surface area is 121 Å². The molecule has 0 aromatic heterocycles. The van der Waals surface area contributed by atoms with Gasteiger partial charge in [-0.1, -0.05) is 0 Å². The Morgan fingerprint density at radius 1 is 0.636 bits per heavy atom. The van der Waals surface area contributed by atoms with Crippen LogP contribution in [0.3, 0.4) is 0 Å². The van der Waals surface area contributed by atoms with Gasteiger partial charge in [-0.15, -0.1) is 0 Å². The fourth-order valence-corrected chi connectivity index (χ4v) is 1.52. The highest BCUT2D eigenvalue weighted by atomic mass is 19.2. The van der Waals surface area contributed by atoms with E-state index in [4.69, 9.17) is 0 Å². The summed E-state index contributed by atoms with van der Waals surface area (Å²) >= 11 is 0. The lowest BCUT2D eigenvalue weighted by atomic mass is 10.3. The molecule has 0 spiro atoms. The van der Waals surface area contributed by atoms with Crippen molar-refractivity contribution in [3.8, 4) is 0 Å². The topological polar surface area (TPSA) is 58.2 Å². The maximum atomic E-state index is 13.0. The summed E-state index contributed by atoms with van der Waals surface area (Å²) in [7, 11) is 0. The second kappa shape index (κ2) is 6.25. The fraction of sp³-hybridized carbons (Fsp3) is 0. The van der Waals surface area contributed by atoms with Crippen LogP contribution in [0, 0.1) is 23.3 Å². The maximum Gasteiger partial charge on any atom is 0.314 e. The van der Waals surface area contributed by atoms with E-state index in [-0.39, 0.29) is 11.4 Å². The Balaban J connectivity index is 2.04. The summed E-state index contributed by atoms with van der Waals surface area (Å²) in [6, 6.07) is 5.05. The molecule has 0 aliphatic heterocycles. The molecule has 0 unspecified atom stereocenters. The zero-order valence-electron chi connectivity index (χ0n) is 10.8.